The van der Waals surface area contributed by atoms with E-state index in [1.165, 1.54) is 7.11 Å². The zero-order valence-electron chi connectivity index (χ0n) is 12.6. The minimum absolute atomic E-state index is 0.181. The first kappa shape index (κ1) is 16.6. The molecule has 0 radical (unpaired) electrons. The Kier molecular flexibility index (Phi) is 4.63. The van der Waals surface area contributed by atoms with E-state index in [1.807, 2.05) is 0 Å². The van der Waals surface area contributed by atoms with Crippen LogP contribution in [-0.2, 0) is 9.59 Å². The van der Waals surface area contributed by atoms with Gasteiger partial charge < -0.3 is 24.1 Å². The molecule has 0 aliphatic carbocycles. The predicted molar refractivity (Wildman–Crippen MR) is 88.9 cm³/mol. The van der Waals surface area contributed by atoms with Gasteiger partial charge in [-0.2, -0.15) is 0 Å². The molecule has 0 N–H and O–H groups in total. The maximum atomic E-state index is 12.3. The second-order valence-corrected chi connectivity index (χ2v) is 6.56. The number of carbonyl (C=O) groups is 2. The number of hydrogen-bond acceptors (Lipinski definition) is 8. The van der Waals surface area contributed by atoms with E-state index in [9.17, 15) is 14.7 Å². The van der Waals surface area contributed by atoms with Gasteiger partial charge in [0, 0.05) is 0 Å². The van der Waals surface area contributed by atoms with Gasteiger partial charge in [-0.15, -0.1) is 0 Å². The van der Waals surface area contributed by atoms with Gasteiger partial charge in [0.2, 0.25) is 5.75 Å². The number of carboxylic acids is 1. The van der Waals surface area contributed by atoms with E-state index < -0.39 is 18.4 Å². The lowest BCUT2D eigenvalue weighted by atomic mass is 10.1. The van der Waals surface area contributed by atoms with Gasteiger partial charge in [0.1, 0.15) is 17.5 Å². The summed E-state index contributed by atoms with van der Waals surface area (Å²) in [5.41, 5.74) is 0.657. The number of carbonyl (C=O) groups excluding carboxylic acids is 2. The highest BCUT2D eigenvalue weighted by atomic mass is 32.2. The molecule has 1 aromatic carbocycles. The minimum Gasteiger partial charge on any atom is -0.548 e. The molecule has 2 heterocycles. The third-order valence-corrected chi connectivity index (χ3v) is 4.69. The Morgan fingerprint density at radius 2 is 2.21 bits per heavy atom. The van der Waals surface area contributed by atoms with Crippen molar-refractivity contribution in [2.24, 2.45) is 0 Å². The SMILES string of the molecule is COc1cc(/C=C2\SC(=S)N(CC(=O)[O-])C2=O)cc2c1OCCO2. The maximum Gasteiger partial charge on any atom is 0.266 e. The number of aliphatic carboxylic acids is 1. The van der Waals surface area contributed by atoms with Crippen LogP contribution in [0.5, 0.6) is 17.2 Å². The van der Waals surface area contributed by atoms with Crippen molar-refractivity contribution >= 4 is 46.3 Å². The van der Waals surface area contributed by atoms with Gasteiger partial charge in [-0.05, 0) is 23.8 Å². The number of methoxy groups -OCH3 is 1. The Hall–Kier alpha value is -2.26. The first-order valence-corrected chi connectivity index (χ1v) is 8.15. The number of ether oxygens (including phenoxy) is 3. The van der Waals surface area contributed by atoms with E-state index in [0.29, 0.717) is 40.9 Å². The topological polar surface area (TPSA) is 88.1 Å². The molecule has 1 amide bonds. The van der Waals surface area contributed by atoms with Crippen LogP contribution in [0.2, 0.25) is 0 Å². The number of benzene rings is 1. The highest BCUT2D eigenvalue weighted by Crippen LogP contribution is 2.41. The van der Waals surface area contributed by atoms with Crippen molar-refractivity contribution in [1.82, 2.24) is 4.90 Å². The summed E-state index contributed by atoms with van der Waals surface area (Å²) < 4.78 is 16.5. The van der Waals surface area contributed by atoms with Crippen LogP contribution in [-0.4, -0.2) is 48.0 Å². The average Bonchev–Trinajstić information content (AvgIpc) is 2.81. The Bertz CT molecular complexity index is 743. The molecule has 2 aliphatic rings. The van der Waals surface area contributed by atoms with Crippen LogP contribution in [0, 0.1) is 0 Å². The molecule has 126 valence electrons. The highest BCUT2D eigenvalue weighted by Gasteiger charge is 2.32. The van der Waals surface area contributed by atoms with Crippen molar-refractivity contribution in [1.29, 1.82) is 0 Å². The van der Waals surface area contributed by atoms with Crippen molar-refractivity contribution in [3.8, 4) is 17.2 Å². The highest BCUT2D eigenvalue weighted by molar-refractivity contribution is 8.26. The van der Waals surface area contributed by atoms with Crippen LogP contribution in [0.3, 0.4) is 0 Å². The molecular weight excluding hydrogens is 354 g/mol. The standard InChI is InChI=1S/C15H13NO6S2/c1-20-9-4-8(5-10-13(9)22-3-2-21-10)6-11-14(19)16(7-12(17)18)15(23)24-11/h4-6H,2-3,7H2,1H3,(H,17,18)/p-1/b11-6-. The summed E-state index contributed by atoms with van der Waals surface area (Å²) in [5.74, 6) is -0.303. The lowest BCUT2D eigenvalue weighted by Crippen LogP contribution is -2.40. The van der Waals surface area contributed by atoms with E-state index in [2.05, 4.69) is 0 Å². The van der Waals surface area contributed by atoms with Crippen LogP contribution in [0.4, 0.5) is 0 Å². The Morgan fingerprint density at radius 1 is 1.46 bits per heavy atom. The number of fused-ring (bicyclic) bond motifs is 1. The fraction of sp³-hybridized carbons (Fsp3) is 0.267. The minimum atomic E-state index is -1.37. The van der Waals surface area contributed by atoms with Crippen LogP contribution in [0.25, 0.3) is 6.08 Å². The molecule has 0 bridgehead atoms. The van der Waals surface area contributed by atoms with Crippen LogP contribution in [0.15, 0.2) is 17.0 Å². The zero-order chi connectivity index (χ0) is 17.3. The van der Waals surface area contributed by atoms with Crippen LogP contribution >= 0.6 is 24.0 Å². The lowest BCUT2D eigenvalue weighted by molar-refractivity contribution is -0.305. The van der Waals surface area contributed by atoms with E-state index in [1.54, 1.807) is 18.2 Å². The maximum absolute atomic E-state index is 12.3. The van der Waals surface area contributed by atoms with E-state index in [0.717, 1.165) is 16.7 Å². The molecule has 0 atom stereocenters. The third kappa shape index (κ3) is 3.17. The molecule has 2 aliphatic heterocycles. The van der Waals surface area contributed by atoms with Crippen LogP contribution < -0.4 is 19.3 Å². The van der Waals surface area contributed by atoms with Gasteiger partial charge in [0.05, 0.1) is 24.5 Å². The largest absolute Gasteiger partial charge is 0.548 e. The fourth-order valence-corrected chi connectivity index (χ4v) is 3.55. The second kappa shape index (κ2) is 6.70. The summed E-state index contributed by atoms with van der Waals surface area (Å²) in [6.45, 7) is 0.296. The summed E-state index contributed by atoms with van der Waals surface area (Å²) in [4.78, 5) is 24.3. The van der Waals surface area contributed by atoms with E-state index in [4.69, 9.17) is 26.4 Å². The average molecular weight is 366 g/mol. The van der Waals surface area contributed by atoms with E-state index >= 15 is 0 Å². The molecule has 1 fully saturated rings. The molecule has 0 saturated carbocycles. The lowest BCUT2D eigenvalue weighted by Gasteiger charge is -2.21. The van der Waals surface area contributed by atoms with Crippen molar-refractivity contribution < 1.29 is 28.9 Å². The first-order chi connectivity index (χ1) is 11.5. The molecule has 0 aromatic heterocycles. The van der Waals surface area contributed by atoms with Crippen molar-refractivity contribution in [2.45, 2.75) is 0 Å². The van der Waals surface area contributed by atoms with Crippen LogP contribution in [0.1, 0.15) is 5.56 Å². The molecular formula is C15H12NO6S2-. The molecule has 1 saturated heterocycles. The normalized spacial score (nSPS) is 18.2. The molecule has 0 spiro atoms. The van der Waals surface area contributed by atoms with Gasteiger partial charge in [-0.25, -0.2) is 0 Å². The molecule has 0 unspecified atom stereocenters. The number of hydrogen-bond donors (Lipinski definition) is 0. The predicted octanol–water partition coefficient (Wildman–Crippen LogP) is 0.417. The molecule has 3 rings (SSSR count). The molecule has 9 heteroatoms. The summed E-state index contributed by atoms with van der Waals surface area (Å²) in [6, 6.07) is 3.43. The quantitative estimate of drug-likeness (QED) is 0.560. The van der Waals surface area contributed by atoms with Gasteiger partial charge >= 0.3 is 0 Å². The number of rotatable bonds is 4. The Labute approximate surface area is 147 Å². The van der Waals surface area contributed by atoms with Gasteiger partial charge in [-0.1, -0.05) is 24.0 Å². The first-order valence-electron chi connectivity index (χ1n) is 6.92. The number of nitrogens with zero attached hydrogens (tertiary/aromatic N) is 1. The monoisotopic (exact) mass is 366 g/mol. The van der Waals surface area contributed by atoms with E-state index in [-0.39, 0.29) is 4.32 Å². The summed E-state index contributed by atoms with van der Waals surface area (Å²) in [5, 5.41) is 10.7. The summed E-state index contributed by atoms with van der Waals surface area (Å²) in [6.07, 6.45) is 1.61. The van der Waals surface area contributed by atoms with Crippen molar-refractivity contribution in [3.05, 3.63) is 22.6 Å². The second-order valence-electron chi connectivity index (χ2n) is 4.89. The smallest absolute Gasteiger partial charge is 0.266 e. The van der Waals surface area contributed by atoms with Crippen molar-refractivity contribution in [2.75, 3.05) is 26.9 Å². The summed E-state index contributed by atoms with van der Waals surface area (Å²) >= 11 is 6.08. The molecule has 1 aromatic rings. The van der Waals surface area contributed by atoms with Crippen molar-refractivity contribution in [3.63, 3.8) is 0 Å². The number of carboxylic acid groups (broad SMARTS) is 1. The number of thioether (sulfide) groups is 1. The Balaban J connectivity index is 1.93. The molecule has 7 nitrogen and oxygen atoms in total. The van der Waals surface area contributed by atoms with Gasteiger partial charge in [-0.3, -0.25) is 9.69 Å². The number of thiocarbonyl (C=S) groups is 1. The fourth-order valence-electron chi connectivity index (χ4n) is 2.29. The van der Waals surface area contributed by atoms with Gasteiger partial charge in [0.15, 0.2) is 11.5 Å². The zero-order valence-corrected chi connectivity index (χ0v) is 14.2. The van der Waals surface area contributed by atoms with Gasteiger partial charge in [0.25, 0.3) is 5.91 Å². The summed E-state index contributed by atoms with van der Waals surface area (Å²) in [7, 11) is 1.51. The molecule has 24 heavy (non-hydrogen) atoms. The third-order valence-electron chi connectivity index (χ3n) is 3.31. The Morgan fingerprint density at radius 3 is 2.92 bits per heavy atom. The number of amides is 1.